The summed E-state index contributed by atoms with van der Waals surface area (Å²) < 4.78 is 61.1. The Morgan fingerprint density at radius 2 is 2.07 bits per heavy atom. The topological polar surface area (TPSA) is 90.6 Å². The number of anilines is 1. The molecular weight excluding hydrogens is 410 g/mol. The van der Waals surface area contributed by atoms with E-state index in [0.29, 0.717) is 11.6 Å². The molecule has 1 aliphatic rings. The largest absolute Gasteiger partial charge is 0.573 e. The molecule has 12 heteroatoms. The third kappa shape index (κ3) is 4.11. The summed E-state index contributed by atoms with van der Waals surface area (Å²) in [6.45, 7) is 0. The average Bonchev–Trinajstić information content (AvgIpc) is 3.43. The number of hydrogen-bond donors (Lipinski definition) is 1. The van der Waals surface area contributed by atoms with Crippen LogP contribution in [0.5, 0.6) is 5.75 Å². The van der Waals surface area contributed by atoms with Crippen LogP contribution < -0.4 is 10.1 Å². The number of esters is 1. The number of methoxy groups -OCH3 is 1. The summed E-state index contributed by atoms with van der Waals surface area (Å²) in [5.41, 5.74) is 0.800. The number of benzene rings is 1. The molecule has 0 spiro atoms. The summed E-state index contributed by atoms with van der Waals surface area (Å²) in [6.07, 6.45) is -1.80. The first-order valence-electron chi connectivity index (χ1n) is 8.85. The predicted molar refractivity (Wildman–Crippen MR) is 94.2 cm³/mol. The quantitative estimate of drug-likeness (QED) is 0.478. The van der Waals surface area contributed by atoms with E-state index < -0.39 is 29.9 Å². The molecule has 8 nitrogen and oxygen atoms in total. The SMILES string of the molecule is COC(=O)C(Nc1cc(C2CC2)nc2ncnn12)c1ccc(OC(F)(F)F)c(F)c1. The van der Waals surface area contributed by atoms with Crippen LogP contribution in [-0.2, 0) is 9.53 Å². The van der Waals surface area contributed by atoms with Crippen LogP contribution in [0.4, 0.5) is 23.4 Å². The highest BCUT2D eigenvalue weighted by atomic mass is 19.4. The highest BCUT2D eigenvalue weighted by Crippen LogP contribution is 2.40. The molecular formula is C18H15F4N5O3. The number of rotatable bonds is 6. The van der Waals surface area contributed by atoms with Gasteiger partial charge in [0.2, 0.25) is 0 Å². The van der Waals surface area contributed by atoms with Gasteiger partial charge >= 0.3 is 12.3 Å². The van der Waals surface area contributed by atoms with Crippen LogP contribution >= 0.6 is 0 Å². The van der Waals surface area contributed by atoms with Crippen LogP contribution in [0, 0.1) is 5.82 Å². The van der Waals surface area contributed by atoms with E-state index >= 15 is 0 Å². The molecule has 0 aliphatic heterocycles. The Morgan fingerprint density at radius 3 is 2.70 bits per heavy atom. The lowest BCUT2D eigenvalue weighted by atomic mass is 10.1. The second kappa shape index (κ2) is 7.43. The Balaban J connectivity index is 1.69. The maximum absolute atomic E-state index is 14.2. The zero-order valence-electron chi connectivity index (χ0n) is 15.5. The van der Waals surface area contributed by atoms with Crippen molar-refractivity contribution in [1.29, 1.82) is 0 Å². The third-order valence-corrected chi connectivity index (χ3v) is 4.51. The molecule has 3 aromatic rings. The summed E-state index contributed by atoms with van der Waals surface area (Å²) in [4.78, 5) is 20.8. The van der Waals surface area contributed by atoms with Crippen LogP contribution in [-0.4, -0.2) is 39.0 Å². The Kier molecular flexibility index (Phi) is 4.92. The van der Waals surface area contributed by atoms with Crippen LogP contribution in [0.3, 0.4) is 0 Å². The molecule has 2 heterocycles. The number of nitrogens with one attached hydrogen (secondary N) is 1. The van der Waals surface area contributed by atoms with Gasteiger partial charge in [-0.1, -0.05) is 6.07 Å². The summed E-state index contributed by atoms with van der Waals surface area (Å²) in [5, 5.41) is 6.96. The van der Waals surface area contributed by atoms with Crippen molar-refractivity contribution in [3.8, 4) is 5.75 Å². The molecule has 158 valence electrons. The van der Waals surface area contributed by atoms with E-state index in [1.165, 1.54) is 10.8 Å². The molecule has 1 N–H and O–H groups in total. The maximum atomic E-state index is 14.2. The number of nitrogens with zero attached hydrogens (tertiary/aromatic N) is 4. The molecule has 1 saturated carbocycles. The van der Waals surface area contributed by atoms with Gasteiger partial charge in [-0.3, -0.25) is 0 Å². The minimum absolute atomic E-state index is 0.0342. The number of fused-ring (bicyclic) bond motifs is 1. The number of alkyl halides is 3. The first-order chi connectivity index (χ1) is 14.2. The second-order valence-corrected chi connectivity index (χ2v) is 6.65. The molecule has 1 atom stereocenters. The lowest BCUT2D eigenvalue weighted by molar-refractivity contribution is -0.275. The van der Waals surface area contributed by atoms with Gasteiger partial charge in [0.25, 0.3) is 5.78 Å². The van der Waals surface area contributed by atoms with E-state index in [2.05, 4.69) is 25.1 Å². The number of hydrogen-bond acceptors (Lipinski definition) is 7. The Morgan fingerprint density at radius 1 is 1.30 bits per heavy atom. The van der Waals surface area contributed by atoms with Crippen molar-refractivity contribution in [3.05, 3.63) is 47.7 Å². The van der Waals surface area contributed by atoms with Crippen molar-refractivity contribution in [2.45, 2.75) is 31.2 Å². The second-order valence-electron chi connectivity index (χ2n) is 6.65. The molecule has 4 rings (SSSR count). The zero-order valence-corrected chi connectivity index (χ0v) is 15.5. The summed E-state index contributed by atoms with van der Waals surface area (Å²) in [5.74, 6) is -2.12. The molecule has 0 bridgehead atoms. The summed E-state index contributed by atoms with van der Waals surface area (Å²) in [7, 11) is 1.14. The van der Waals surface area contributed by atoms with Crippen molar-refractivity contribution >= 4 is 17.6 Å². The fourth-order valence-corrected chi connectivity index (χ4v) is 2.97. The highest BCUT2D eigenvalue weighted by molar-refractivity contribution is 5.81. The van der Waals surface area contributed by atoms with Crippen LogP contribution in [0.15, 0.2) is 30.6 Å². The summed E-state index contributed by atoms with van der Waals surface area (Å²) >= 11 is 0. The van der Waals surface area contributed by atoms with Gasteiger partial charge in [-0.05, 0) is 30.5 Å². The minimum atomic E-state index is -5.04. The van der Waals surface area contributed by atoms with E-state index in [0.717, 1.165) is 43.8 Å². The lowest BCUT2D eigenvalue weighted by Gasteiger charge is -2.19. The minimum Gasteiger partial charge on any atom is -0.467 e. The van der Waals surface area contributed by atoms with E-state index in [1.54, 1.807) is 6.07 Å². The van der Waals surface area contributed by atoms with Crippen molar-refractivity contribution in [2.75, 3.05) is 12.4 Å². The van der Waals surface area contributed by atoms with Crippen molar-refractivity contribution in [3.63, 3.8) is 0 Å². The molecule has 0 radical (unpaired) electrons. The average molecular weight is 425 g/mol. The molecule has 1 fully saturated rings. The van der Waals surface area contributed by atoms with E-state index in [9.17, 15) is 22.4 Å². The molecule has 1 aliphatic carbocycles. The van der Waals surface area contributed by atoms with Crippen LogP contribution in [0.25, 0.3) is 5.78 Å². The Labute approximate surface area is 166 Å². The lowest BCUT2D eigenvalue weighted by Crippen LogP contribution is -2.24. The number of carbonyl (C=O) groups excluding carboxylic acids is 1. The maximum Gasteiger partial charge on any atom is 0.573 e. The van der Waals surface area contributed by atoms with Gasteiger partial charge < -0.3 is 14.8 Å². The molecule has 1 unspecified atom stereocenters. The third-order valence-electron chi connectivity index (χ3n) is 4.51. The Bertz CT molecular complexity index is 1100. The molecule has 2 aromatic heterocycles. The van der Waals surface area contributed by atoms with Gasteiger partial charge in [0, 0.05) is 12.0 Å². The first kappa shape index (κ1) is 19.9. The normalized spacial score (nSPS) is 15.1. The molecule has 0 amide bonds. The van der Waals surface area contributed by atoms with Gasteiger partial charge in [-0.25, -0.2) is 14.2 Å². The van der Waals surface area contributed by atoms with Gasteiger partial charge in [-0.2, -0.15) is 14.6 Å². The summed E-state index contributed by atoms with van der Waals surface area (Å²) in [6, 6.07) is 3.18. The highest BCUT2D eigenvalue weighted by Gasteiger charge is 2.33. The zero-order chi connectivity index (χ0) is 21.5. The number of halogens is 4. The van der Waals surface area contributed by atoms with Crippen molar-refractivity contribution < 1.29 is 31.8 Å². The van der Waals surface area contributed by atoms with Gasteiger partial charge in [0.05, 0.1) is 12.8 Å². The molecule has 1 aromatic carbocycles. The van der Waals surface area contributed by atoms with Gasteiger partial charge in [0.1, 0.15) is 12.1 Å². The van der Waals surface area contributed by atoms with Gasteiger partial charge in [-0.15, -0.1) is 13.2 Å². The van der Waals surface area contributed by atoms with E-state index in [1.807, 2.05) is 0 Å². The molecule has 30 heavy (non-hydrogen) atoms. The number of ether oxygens (including phenoxy) is 2. The van der Waals surface area contributed by atoms with Crippen molar-refractivity contribution in [1.82, 2.24) is 19.6 Å². The predicted octanol–water partition coefficient (Wildman–Crippen LogP) is 3.37. The standard InChI is InChI=1S/C18H15F4N5O3/c1-29-16(28)15(10-4-5-13(11(19)6-10)30-18(20,21)22)26-14-7-12(9-2-3-9)25-17-23-8-24-27(14)17/h4-9,15,26H,2-3H2,1H3. The Hall–Kier alpha value is -3.44. The van der Waals surface area contributed by atoms with E-state index in [4.69, 9.17) is 4.74 Å². The van der Waals surface area contributed by atoms with Crippen molar-refractivity contribution in [2.24, 2.45) is 0 Å². The van der Waals surface area contributed by atoms with E-state index in [-0.39, 0.29) is 11.5 Å². The fourth-order valence-electron chi connectivity index (χ4n) is 2.97. The van der Waals surface area contributed by atoms with Gasteiger partial charge in [0.15, 0.2) is 17.6 Å². The molecule has 0 saturated heterocycles. The first-order valence-corrected chi connectivity index (χ1v) is 8.85. The number of carbonyl (C=O) groups is 1. The monoisotopic (exact) mass is 425 g/mol. The number of aromatic nitrogens is 4. The fraction of sp³-hybridized carbons (Fsp3) is 0.333. The smallest absolute Gasteiger partial charge is 0.467 e. The van der Waals surface area contributed by atoms with Crippen LogP contribution in [0.2, 0.25) is 0 Å². The van der Waals surface area contributed by atoms with Crippen LogP contribution in [0.1, 0.15) is 36.1 Å².